The summed E-state index contributed by atoms with van der Waals surface area (Å²) >= 11 is 6.17. The van der Waals surface area contributed by atoms with Crippen LogP contribution in [0.3, 0.4) is 0 Å². The fourth-order valence-electron chi connectivity index (χ4n) is 2.45. The first-order chi connectivity index (χ1) is 12.8. The molecular weight excluding hydrogens is 354 g/mol. The Balaban J connectivity index is 1.37. The molecule has 0 aliphatic rings. The molecule has 2 aromatic carbocycles. The summed E-state index contributed by atoms with van der Waals surface area (Å²) in [5.74, 6) is 1.44. The molecule has 0 radical (unpaired) electrons. The minimum Gasteiger partial charge on any atom is -0.491 e. The molecule has 0 aliphatic heterocycles. The first-order valence-electron chi connectivity index (χ1n) is 8.34. The first-order valence-corrected chi connectivity index (χ1v) is 8.72. The van der Waals surface area contributed by atoms with Crippen LogP contribution < -0.4 is 9.47 Å². The number of ether oxygens (including phenoxy) is 3. The predicted octanol–water partition coefficient (Wildman–Crippen LogP) is 3.85. The van der Waals surface area contributed by atoms with E-state index in [1.165, 1.54) is 0 Å². The van der Waals surface area contributed by atoms with Gasteiger partial charge in [-0.05, 0) is 42.0 Å². The van der Waals surface area contributed by atoms with Crippen molar-refractivity contribution in [2.75, 3.05) is 26.4 Å². The highest BCUT2D eigenvalue weighted by Crippen LogP contribution is 2.29. The van der Waals surface area contributed by atoms with Crippen LogP contribution in [-0.2, 0) is 11.3 Å². The van der Waals surface area contributed by atoms with Gasteiger partial charge in [-0.1, -0.05) is 23.7 Å². The van der Waals surface area contributed by atoms with Crippen LogP contribution in [0.1, 0.15) is 5.56 Å². The van der Waals surface area contributed by atoms with Crippen LogP contribution in [0.15, 0.2) is 54.7 Å². The fourth-order valence-corrected chi connectivity index (χ4v) is 2.67. The average Bonchev–Trinajstić information content (AvgIpc) is 2.69. The summed E-state index contributed by atoms with van der Waals surface area (Å²) < 4.78 is 16.8. The van der Waals surface area contributed by atoms with E-state index in [1.54, 1.807) is 12.3 Å². The second kappa shape index (κ2) is 9.38. The molecule has 0 saturated carbocycles. The predicted molar refractivity (Wildman–Crippen MR) is 101 cm³/mol. The van der Waals surface area contributed by atoms with Crippen molar-refractivity contribution < 1.29 is 19.3 Å². The number of halogens is 1. The molecule has 3 rings (SSSR count). The first kappa shape index (κ1) is 18.5. The normalized spacial score (nSPS) is 10.8. The second-order valence-electron chi connectivity index (χ2n) is 5.56. The number of nitrogens with zero attached hydrogens (tertiary/aromatic N) is 1. The van der Waals surface area contributed by atoms with Crippen LogP contribution in [0.5, 0.6) is 11.5 Å². The largest absolute Gasteiger partial charge is 0.491 e. The van der Waals surface area contributed by atoms with Crippen molar-refractivity contribution in [3.63, 3.8) is 0 Å². The van der Waals surface area contributed by atoms with Gasteiger partial charge in [0.2, 0.25) is 0 Å². The Morgan fingerprint density at radius 1 is 0.885 bits per heavy atom. The van der Waals surface area contributed by atoms with Crippen molar-refractivity contribution in [3.8, 4) is 11.5 Å². The number of aliphatic hydroxyl groups is 1. The molecule has 26 heavy (non-hydrogen) atoms. The molecule has 3 aromatic rings. The van der Waals surface area contributed by atoms with Crippen LogP contribution >= 0.6 is 11.6 Å². The van der Waals surface area contributed by atoms with E-state index in [-0.39, 0.29) is 6.61 Å². The minimum atomic E-state index is 0.0296. The van der Waals surface area contributed by atoms with Gasteiger partial charge in [0.25, 0.3) is 0 Å². The summed E-state index contributed by atoms with van der Waals surface area (Å²) in [7, 11) is 0. The zero-order valence-electron chi connectivity index (χ0n) is 14.2. The standard InChI is InChI=1S/C20H20ClNO4/c21-18-7-8-19(20-17(18)2-1-9-22-20)26-13-11-24-10-12-25-16-5-3-15(14-23)4-6-16/h1-9,23H,10-14H2. The van der Waals surface area contributed by atoms with Crippen LogP contribution in [0.2, 0.25) is 5.02 Å². The number of aromatic nitrogens is 1. The van der Waals surface area contributed by atoms with Gasteiger partial charge in [0.1, 0.15) is 30.2 Å². The molecule has 0 fully saturated rings. The molecule has 1 aromatic heterocycles. The van der Waals surface area contributed by atoms with E-state index < -0.39 is 0 Å². The fraction of sp³-hybridized carbons (Fsp3) is 0.250. The Labute approximate surface area is 157 Å². The molecule has 1 N–H and O–H groups in total. The van der Waals surface area contributed by atoms with Crippen molar-refractivity contribution in [1.29, 1.82) is 0 Å². The molecular formula is C20H20ClNO4. The molecule has 0 aliphatic carbocycles. The molecule has 0 saturated heterocycles. The van der Waals surface area contributed by atoms with Crippen LogP contribution in [0, 0.1) is 0 Å². The quantitative estimate of drug-likeness (QED) is 0.577. The Hall–Kier alpha value is -2.34. The lowest BCUT2D eigenvalue weighted by molar-refractivity contribution is 0.0767. The van der Waals surface area contributed by atoms with Crippen molar-refractivity contribution in [3.05, 3.63) is 65.3 Å². The SMILES string of the molecule is OCc1ccc(OCCOCCOc2ccc(Cl)c3cccnc23)cc1. The lowest BCUT2D eigenvalue weighted by Crippen LogP contribution is -2.12. The number of benzene rings is 2. The van der Waals surface area contributed by atoms with E-state index in [2.05, 4.69) is 4.98 Å². The summed E-state index contributed by atoms with van der Waals surface area (Å²) in [6.07, 6.45) is 1.71. The maximum absolute atomic E-state index is 9.00. The maximum Gasteiger partial charge on any atom is 0.145 e. The Morgan fingerprint density at radius 2 is 1.65 bits per heavy atom. The maximum atomic E-state index is 9.00. The summed E-state index contributed by atoms with van der Waals surface area (Å²) in [5, 5.41) is 10.5. The van der Waals surface area contributed by atoms with Crippen molar-refractivity contribution in [2.45, 2.75) is 6.61 Å². The Kier molecular flexibility index (Phi) is 6.66. The molecule has 6 heteroatoms. The summed E-state index contributed by atoms with van der Waals surface area (Å²) in [6.45, 7) is 1.80. The van der Waals surface area contributed by atoms with E-state index in [0.29, 0.717) is 37.2 Å². The van der Waals surface area contributed by atoms with Gasteiger partial charge in [-0.15, -0.1) is 0 Å². The molecule has 0 spiro atoms. The van der Waals surface area contributed by atoms with Gasteiger partial charge in [-0.25, -0.2) is 0 Å². The smallest absolute Gasteiger partial charge is 0.145 e. The van der Waals surface area contributed by atoms with Gasteiger partial charge in [0, 0.05) is 11.6 Å². The number of hydrogen-bond acceptors (Lipinski definition) is 5. The third kappa shape index (κ3) is 4.85. The van der Waals surface area contributed by atoms with Gasteiger partial charge in [-0.3, -0.25) is 4.98 Å². The third-order valence-corrected chi connectivity index (χ3v) is 4.10. The van der Waals surface area contributed by atoms with Crippen molar-refractivity contribution in [1.82, 2.24) is 4.98 Å². The summed E-state index contributed by atoms with van der Waals surface area (Å²) in [6, 6.07) is 14.7. The number of hydrogen-bond donors (Lipinski definition) is 1. The highest BCUT2D eigenvalue weighted by Gasteiger charge is 2.06. The Morgan fingerprint density at radius 3 is 2.42 bits per heavy atom. The summed E-state index contributed by atoms with van der Waals surface area (Å²) in [4.78, 5) is 4.33. The molecule has 0 atom stereocenters. The Bertz CT molecular complexity index is 839. The van der Waals surface area contributed by atoms with Crippen LogP contribution in [0.25, 0.3) is 10.9 Å². The monoisotopic (exact) mass is 373 g/mol. The van der Waals surface area contributed by atoms with Gasteiger partial charge >= 0.3 is 0 Å². The highest BCUT2D eigenvalue weighted by atomic mass is 35.5. The van der Waals surface area contributed by atoms with E-state index in [0.717, 1.165) is 22.2 Å². The van der Waals surface area contributed by atoms with E-state index in [4.69, 9.17) is 30.9 Å². The van der Waals surface area contributed by atoms with Crippen LogP contribution in [0.4, 0.5) is 0 Å². The third-order valence-electron chi connectivity index (χ3n) is 3.77. The van der Waals surface area contributed by atoms with Gasteiger partial charge in [-0.2, -0.15) is 0 Å². The molecule has 1 heterocycles. The lowest BCUT2D eigenvalue weighted by atomic mass is 10.2. The summed E-state index contributed by atoms with van der Waals surface area (Å²) in [5.41, 5.74) is 1.60. The lowest BCUT2D eigenvalue weighted by Gasteiger charge is -2.10. The van der Waals surface area contributed by atoms with E-state index >= 15 is 0 Å². The zero-order valence-corrected chi connectivity index (χ0v) is 15.0. The highest BCUT2D eigenvalue weighted by molar-refractivity contribution is 6.35. The van der Waals surface area contributed by atoms with Crippen LogP contribution in [-0.4, -0.2) is 36.5 Å². The van der Waals surface area contributed by atoms with Crippen molar-refractivity contribution in [2.24, 2.45) is 0 Å². The average molecular weight is 374 g/mol. The molecule has 136 valence electrons. The van der Waals surface area contributed by atoms with Gasteiger partial charge < -0.3 is 19.3 Å². The second-order valence-corrected chi connectivity index (χ2v) is 5.96. The molecule has 0 bridgehead atoms. The topological polar surface area (TPSA) is 60.8 Å². The van der Waals surface area contributed by atoms with E-state index in [1.807, 2.05) is 42.5 Å². The van der Waals surface area contributed by atoms with Crippen molar-refractivity contribution >= 4 is 22.5 Å². The molecule has 5 nitrogen and oxygen atoms in total. The van der Waals surface area contributed by atoms with Gasteiger partial charge in [0.15, 0.2) is 0 Å². The number of rotatable bonds is 9. The number of fused-ring (bicyclic) bond motifs is 1. The number of aliphatic hydroxyl groups excluding tert-OH is 1. The minimum absolute atomic E-state index is 0.0296. The number of pyridine rings is 1. The molecule has 0 amide bonds. The molecule has 0 unspecified atom stereocenters. The van der Waals surface area contributed by atoms with E-state index in [9.17, 15) is 0 Å². The zero-order chi connectivity index (χ0) is 18.2. The van der Waals surface area contributed by atoms with Gasteiger partial charge in [0.05, 0.1) is 24.8 Å².